The fourth-order valence-electron chi connectivity index (χ4n) is 3.59. The molecule has 1 aliphatic carbocycles. The zero-order valence-electron chi connectivity index (χ0n) is 17.4. The number of ether oxygens (including phenoxy) is 1. The van der Waals surface area contributed by atoms with E-state index in [-0.39, 0.29) is 17.4 Å². The van der Waals surface area contributed by atoms with Crippen LogP contribution in [0.25, 0.3) is 0 Å². The molecule has 4 rings (SSSR count). The molecule has 1 heterocycles. The molecule has 1 aliphatic rings. The molecule has 0 aliphatic heterocycles. The normalized spacial score (nSPS) is 12.8. The zero-order chi connectivity index (χ0) is 22.7. The van der Waals surface area contributed by atoms with Gasteiger partial charge in [-0.3, -0.25) is 9.52 Å². The summed E-state index contributed by atoms with van der Waals surface area (Å²) in [5.41, 5.74) is 2.10. The number of anilines is 2. The van der Waals surface area contributed by atoms with E-state index in [2.05, 4.69) is 10.0 Å². The summed E-state index contributed by atoms with van der Waals surface area (Å²) in [6.07, 6.45) is 2.67. The molecule has 0 radical (unpaired) electrons. The average molecular weight is 471 g/mol. The maximum Gasteiger partial charge on any atom is 0.341 e. The summed E-state index contributed by atoms with van der Waals surface area (Å²) < 4.78 is 32.6. The van der Waals surface area contributed by atoms with Crippen molar-refractivity contribution >= 4 is 43.9 Å². The molecule has 0 saturated carbocycles. The number of thiophene rings is 1. The SMILES string of the molecule is CCOC(=O)c1c(NC(=O)c2ccc(NS(=O)(=O)c3ccccc3)cc2)sc2c1CCC2. The molecule has 1 amide bonds. The largest absolute Gasteiger partial charge is 0.462 e. The maximum absolute atomic E-state index is 12.8. The Balaban J connectivity index is 1.50. The van der Waals surface area contributed by atoms with Crippen molar-refractivity contribution in [2.75, 3.05) is 16.6 Å². The quantitative estimate of drug-likeness (QED) is 0.496. The summed E-state index contributed by atoms with van der Waals surface area (Å²) in [5.74, 6) is -0.805. The molecule has 2 N–H and O–H groups in total. The lowest BCUT2D eigenvalue weighted by Gasteiger charge is -2.10. The summed E-state index contributed by atoms with van der Waals surface area (Å²) in [5, 5.41) is 3.32. The topological polar surface area (TPSA) is 102 Å². The van der Waals surface area contributed by atoms with E-state index in [0.717, 1.165) is 29.7 Å². The first-order valence-electron chi connectivity index (χ1n) is 10.2. The van der Waals surface area contributed by atoms with Gasteiger partial charge >= 0.3 is 5.97 Å². The number of fused-ring (bicyclic) bond motifs is 1. The number of aryl methyl sites for hydroxylation is 1. The van der Waals surface area contributed by atoms with Gasteiger partial charge in [0.25, 0.3) is 15.9 Å². The van der Waals surface area contributed by atoms with E-state index in [1.165, 1.54) is 47.7 Å². The Hall–Kier alpha value is -3.17. The Morgan fingerprint density at radius 3 is 2.44 bits per heavy atom. The smallest absolute Gasteiger partial charge is 0.341 e. The lowest BCUT2D eigenvalue weighted by atomic mass is 10.1. The fraction of sp³-hybridized carbons (Fsp3) is 0.217. The third-order valence-electron chi connectivity index (χ3n) is 5.08. The highest BCUT2D eigenvalue weighted by Crippen LogP contribution is 2.39. The van der Waals surface area contributed by atoms with E-state index in [0.29, 0.717) is 21.8 Å². The van der Waals surface area contributed by atoms with Gasteiger partial charge in [0.05, 0.1) is 17.1 Å². The molecule has 166 valence electrons. The number of esters is 1. The van der Waals surface area contributed by atoms with Gasteiger partial charge in [-0.15, -0.1) is 11.3 Å². The predicted molar refractivity (Wildman–Crippen MR) is 124 cm³/mol. The zero-order valence-corrected chi connectivity index (χ0v) is 19.0. The van der Waals surface area contributed by atoms with E-state index < -0.39 is 16.0 Å². The summed E-state index contributed by atoms with van der Waals surface area (Å²) in [6.45, 7) is 2.01. The third-order valence-corrected chi connectivity index (χ3v) is 7.69. The van der Waals surface area contributed by atoms with Crippen molar-refractivity contribution in [3.05, 3.63) is 76.2 Å². The van der Waals surface area contributed by atoms with Crippen molar-refractivity contribution in [2.45, 2.75) is 31.1 Å². The van der Waals surface area contributed by atoms with Crippen LogP contribution in [0.1, 0.15) is 44.5 Å². The minimum absolute atomic E-state index is 0.152. The van der Waals surface area contributed by atoms with Crippen LogP contribution in [0.2, 0.25) is 0 Å². The second-order valence-corrected chi connectivity index (χ2v) is 10.0. The van der Waals surface area contributed by atoms with Crippen LogP contribution in [0.3, 0.4) is 0 Å². The van der Waals surface area contributed by atoms with Crippen LogP contribution in [0, 0.1) is 0 Å². The van der Waals surface area contributed by atoms with Gasteiger partial charge < -0.3 is 10.1 Å². The number of carbonyl (C=O) groups excluding carboxylic acids is 2. The molecule has 0 unspecified atom stereocenters. The van der Waals surface area contributed by atoms with Gasteiger partial charge in [-0.1, -0.05) is 18.2 Å². The van der Waals surface area contributed by atoms with Crippen molar-refractivity contribution in [2.24, 2.45) is 0 Å². The Kier molecular flexibility index (Phi) is 6.29. The molecule has 32 heavy (non-hydrogen) atoms. The molecule has 9 heteroatoms. The van der Waals surface area contributed by atoms with E-state index >= 15 is 0 Å². The molecular formula is C23H22N2O5S2. The average Bonchev–Trinajstić information content (AvgIpc) is 3.35. The minimum atomic E-state index is -3.71. The van der Waals surface area contributed by atoms with Gasteiger partial charge in [0.1, 0.15) is 5.00 Å². The minimum Gasteiger partial charge on any atom is -0.462 e. The van der Waals surface area contributed by atoms with Crippen LogP contribution >= 0.6 is 11.3 Å². The van der Waals surface area contributed by atoms with Crippen molar-refractivity contribution in [3.63, 3.8) is 0 Å². The molecule has 3 aromatic rings. The summed E-state index contributed by atoms with van der Waals surface area (Å²) >= 11 is 1.41. The predicted octanol–water partition coefficient (Wildman–Crippen LogP) is 4.47. The highest BCUT2D eigenvalue weighted by molar-refractivity contribution is 7.92. The number of amides is 1. The monoisotopic (exact) mass is 470 g/mol. The first-order valence-corrected chi connectivity index (χ1v) is 12.5. The van der Waals surface area contributed by atoms with Gasteiger partial charge in [-0.25, -0.2) is 13.2 Å². The Morgan fingerprint density at radius 2 is 1.75 bits per heavy atom. The number of carbonyl (C=O) groups is 2. The summed E-state index contributed by atoms with van der Waals surface area (Å²) in [4.78, 5) is 26.5. The molecule has 0 bridgehead atoms. The maximum atomic E-state index is 12.8. The Bertz CT molecular complexity index is 1250. The first-order chi connectivity index (χ1) is 15.4. The second kappa shape index (κ2) is 9.13. The number of hydrogen-bond acceptors (Lipinski definition) is 6. The van der Waals surface area contributed by atoms with Crippen molar-refractivity contribution in [1.29, 1.82) is 0 Å². The highest BCUT2D eigenvalue weighted by atomic mass is 32.2. The van der Waals surface area contributed by atoms with Crippen LogP contribution < -0.4 is 10.0 Å². The Labute approximate surface area is 190 Å². The van der Waals surface area contributed by atoms with Crippen LogP contribution in [-0.4, -0.2) is 26.9 Å². The number of rotatable bonds is 7. The molecule has 0 fully saturated rings. The van der Waals surface area contributed by atoms with Crippen molar-refractivity contribution in [1.82, 2.24) is 0 Å². The van der Waals surface area contributed by atoms with Crippen molar-refractivity contribution < 1.29 is 22.7 Å². The number of hydrogen-bond donors (Lipinski definition) is 2. The van der Waals surface area contributed by atoms with Gasteiger partial charge in [0, 0.05) is 16.1 Å². The van der Waals surface area contributed by atoms with E-state index in [1.807, 2.05) is 0 Å². The van der Waals surface area contributed by atoms with Crippen LogP contribution in [-0.2, 0) is 27.6 Å². The van der Waals surface area contributed by atoms with E-state index in [4.69, 9.17) is 4.74 Å². The second-order valence-electron chi connectivity index (χ2n) is 7.23. The molecular weight excluding hydrogens is 448 g/mol. The Morgan fingerprint density at radius 1 is 1.03 bits per heavy atom. The number of benzene rings is 2. The molecule has 0 spiro atoms. The lowest BCUT2D eigenvalue weighted by molar-refractivity contribution is 0.0527. The van der Waals surface area contributed by atoms with Crippen LogP contribution in [0.4, 0.5) is 10.7 Å². The molecule has 0 saturated heterocycles. The standard InChI is InChI=1S/C23H22N2O5S2/c1-2-30-23(27)20-18-9-6-10-19(18)31-22(20)24-21(26)15-11-13-16(14-12-15)25-32(28,29)17-7-4-3-5-8-17/h3-5,7-8,11-14,25H,2,6,9-10H2,1H3,(H,24,26). The highest BCUT2D eigenvalue weighted by Gasteiger charge is 2.28. The molecule has 0 atom stereocenters. The van der Waals surface area contributed by atoms with Gasteiger partial charge in [-0.2, -0.15) is 0 Å². The fourth-order valence-corrected chi connectivity index (χ4v) is 5.94. The summed E-state index contributed by atoms with van der Waals surface area (Å²) in [6, 6.07) is 14.1. The van der Waals surface area contributed by atoms with Crippen LogP contribution in [0.15, 0.2) is 59.5 Å². The van der Waals surface area contributed by atoms with Crippen LogP contribution in [0.5, 0.6) is 0 Å². The van der Waals surface area contributed by atoms with Gasteiger partial charge in [0.2, 0.25) is 0 Å². The van der Waals surface area contributed by atoms with Gasteiger partial charge in [-0.05, 0) is 68.1 Å². The van der Waals surface area contributed by atoms with E-state index in [9.17, 15) is 18.0 Å². The molecule has 1 aromatic heterocycles. The number of sulfonamides is 1. The lowest BCUT2D eigenvalue weighted by Crippen LogP contribution is -2.16. The van der Waals surface area contributed by atoms with E-state index in [1.54, 1.807) is 25.1 Å². The van der Waals surface area contributed by atoms with Crippen molar-refractivity contribution in [3.8, 4) is 0 Å². The first kappa shape index (κ1) is 22.0. The third kappa shape index (κ3) is 4.53. The molecule has 7 nitrogen and oxygen atoms in total. The summed E-state index contributed by atoms with van der Waals surface area (Å²) in [7, 11) is -3.71. The number of nitrogens with one attached hydrogen (secondary N) is 2. The van der Waals surface area contributed by atoms with Gasteiger partial charge in [0.15, 0.2) is 0 Å². The molecule has 2 aromatic carbocycles.